The van der Waals surface area contributed by atoms with E-state index in [9.17, 15) is 4.79 Å². The summed E-state index contributed by atoms with van der Waals surface area (Å²) in [6.07, 6.45) is 5.07. The normalized spacial score (nSPS) is 20.2. The van der Waals surface area contributed by atoms with Crippen molar-refractivity contribution in [2.24, 2.45) is 5.73 Å². The van der Waals surface area contributed by atoms with Gasteiger partial charge in [0.15, 0.2) is 0 Å². The minimum atomic E-state index is 0.00875. The van der Waals surface area contributed by atoms with E-state index in [1.807, 2.05) is 18.7 Å². The Hall–Kier alpha value is -1.49. The van der Waals surface area contributed by atoms with Gasteiger partial charge >= 0.3 is 0 Å². The maximum absolute atomic E-state index is 12.5. The fourth-order valence-corrected chi connectivity index (χ4v) is 2.33. The lowest BCUT2D eigenvalue weighted by molar-refractivity contribution is 0.0706. The molecule has 1 amide bonds. The Bertz CT molecular complexity index is 433. The van der Waals surface area contributed by atoms with Gasteiger partial charge in [0.1, 0.15) is 6.33 Å². The second kappa shape index (κ2) is 5.44. The molecule has 0 aliphatic carbocycles. The van der Waals surface area contributed by atoms with Gasteiger partial charge in [0.25, 0.3) is 5.91 Å². The Balaban J connectivity index is 2.23. The van der Waals surface area contributed by atoms with Crippen LogP contribution in [0.3, 0.4) is 0 Å². The third-order valence-electron chi connectivity index (χ3n) is 3.27. The smallest absolute Gasteiger partial charge is 0.257 e. The van der Waals surface area contributed by atoms with Crippen molar-refractivity contribution in [2.75, 3.05) is 13.1 Å². The highest BCUT2D eigenvalue weighted by Crippen LogP contribution is 2.19. The van der Waals surface area contributed by atoms with Crippen LogP contribution in [0.2, 0.25) is 0 Å². The highest BCUT2D eigenvalue weighted by atomic mass is 16.2. The topological polar surface area (TPSA) is 72.1 Å². The van der Waals surface area contributed by atoms with E-state index in [2.05, 4.69) is 9.97 Å². The first-order chi connectivity index (χ1) is 8.59. The van der Waals surface area contributed by atoms with Crippen molar-refractivity contribution < 1.29 is 4.79 Å². The lowest BCUT2D eigenvalue weighted by Gasteiger charge is -2.31. The first-order valence-electron chi connectivity index (χ1n) is 6.44. The SMILES string of the molecule is CC(C)c1ncncc1C(=O)N1CCC[C@H](N)C1. The molecular weight excluding hydrogens is 228 g/mol. The van der Waals surface area contributed by atoms with E-state index in [4.69, 9.17) is 5.73 Å². The number of aromatic nitrogens is 2. The molecule has 5 nitrogen and oxygen atoms in total. The summed E-state index contributed by atoms with van der Waals surface area (Å²) in [6.45, 7) is 5.46. The van der Waals surface area contributed by atoms with Gasteiger partial charge in [-0.25, -0.2) is 9.97 Å². The van der Waals surface area contributed by atoms with Gasteiger partial charge in [0.2, 0.25) is 0 Å². The van der Waals surface area contributed by atoms with E-state index in [1.54, 1.807) is 6.20 Å². The Morgan fingerprint density at radius 3 is 3.00 bits per heavy atom. The van der Waals surface area contributed by atoms with Gasteiger partial charge < -0.3 is 10.6 Å². The summed E-state index contributed by atoms with van der Waals surface area (Å²) in [4.78, 5) is 22.5. The molecule has 5 heteroatoms. The molecule has 1 atom stereocenters. The predicted octanol–water partition coefficient (Wildman–Crippen LogP) is 1.16. The highest BCUT2D eigenvalue weighted by Gasteiger charge is 2.25. The molecule has 1 aromatic heterocycles. The number of hydrogen-bond acceptors (Lipinski definition) is 4. The monoisotopic (exact) mass is 248 g/mol. The van der Waals surface area contributed by atoms with E-state index in [0.717, 1.165) is 25.1 Å². The van der Waals surface area contributed by atoms with Crippen LogP contribution in [-0.4, -0.2) is 39.9 Å². The zero-order chi connectivity index (χ0) is 13.1. The van der Waals surface area contributed by atoms with Crippen LogP contribution in [0.5, 0.6) is 0 Å². The molecule has 98 valence electrons. The number of likely N-dealkylation sites (tertiary alicyclic amines) is 1. The fraction of sp³-hybridized carbons (Fsp3) is 0.615. The van der Waals surface area contributed by atoms with Crippen LogP contribution < -0.4 is 5.73 Å². The summed E-state index contributed by atoms with van der Waals surface area (Å²) in [7, 11) is 0. The van der Waals surface area contributed by atoms with Crippen LogP contribution in [0.4, 0.5) is 0 Å². The average molecular weight is 248 g/mol. The van der Waals surface area contributed by atoms with Gasteiger partial charge in [-0.15, -0.1) is 0 Å². The zero-order valence-corrected chi connectivity index (χ0v) is 11.0. The number of hydrogen-bond donors (Lipinski definition) is 1. The Morgan fingerprint density at radius 1 is 1.56 bits per heavy atom. The summed E-state index contributed by atoms with van der Waals surface area (Å²) in [5, 5.41) is 0. The Morgan fingerprint density at radius 2 is 2.33 bits per heavy atom. The van der Waals surface area contributed by atoms with E-state index in [1.165, 1.54) is 6.33 Å². The fourth-order valence-electron chi connectivity index (χ4n) is 2.33. The number of carbonyl (C=O) groups excluding carboxylic acids is 1. The van der Waals surface area contributed by atoms with Crippen LogP contribution in [-0.2, 0) is 0 Å². The summed E-state index contributed by atoms with van der Waals surface area (Å²) < 4.78 is 0. The summed E-state index contributed by atoms with van der Waals surface area (Å²) in [5.74, 6) is 0.222. The quantitative estimate of drug-likeness (QED) is 0.852. The molecule has 2 rings (SSSR count). The molecule has 1 saturated heterocycles. The second-order valence-electron chi connectivity index (χ2n) is 5.13. The molecule has 0 spiro atoms. The predicted molar refractivity (Wildman–Crippen MR) is 69.2 cm³/mol. The Kier molecular flexibility index (Phi) is 3.91. The van der Waals surface area contributed by atoms with Crippen LogP contribution in [0, 0.1) is 0 Å². The van der Waals surface area contributed by atoms with Gasteiger partial charge in [-0.3, -0.25) is 4.79 Å². The molecule has 1 aliphatic rings. The van der Waals surface area contributed by atoms with E-state index in [-0.39, 0.29) is 17.9 Å². The van der Waals surface area contributed by atoms with Crippen LogP contribution >= 0.6 is 0 Å². The third-order valence-corrected chi connectivity index (χ3v) is 3.27. The maximum Gasteiger partial charge on any atom is 0.257 e. The molecule has 2 N–H and O–H groups in total. The molecule has 0 saturated carbocycles. The Labute approximate surface area is 107 Å². The standard InChI is InChI=1S/C13H20N4O/c1-9(2)12-11(6-15-8-16-12)13(18)17-5-3-4-10(14)7-17/h6,8-10H,3-5,7,14H2,1-2H3/t10-/m0/s1. The van der Waals surface area contributed by atoms with Gasteiger partial charge in [-0.1, -0.05) is 13.8 Å². The average Bonchev–Trinajstić information content (AvgIpc) is 2.38. The van der Waals surface area contributed by atoms with E-state index in [0.29, 0.717) is 12.1 Å². The number of nitrogens with zero attached hydrogens (tertiary/aromatic N) is 3. The van der Waals surface area contributed by atoms with Crippen molar-refractivity contribution >= 4 is 5.91 Å². The van der Waals surface area contributed by atoms with Crippen LogP contribution in [0.25, 0.3) is 0 Å². The number of carbonyl (C=O) groups is 1. The lowest BCUT2D eigenvalue weighted by Crippen LogP contribution is -2.46. The number of amides is 1. The molecule has 1 aromatic rings. The van der Waals surface area contributed by atoms with Crippen molar-refractivity contribution in [1.29, 1.82) is 0 Å². The van der Waals surface area contributed by atoms with Gasteiger partial charge in [0, 0.05) is 25.3 Å². The van der Waals surface area contributed by atoms with Crippen LogP contribution in [0.15, 0.2) is 12.5 Å². The summed E-state index contributed by atoms with van der Waals surface area (Å²) in [5.41, 5.74) is 7.34. The zero-order valence-electron chi connectivity index (χ0n) is 11.0. The first kappa shape index (κ1) is 13.0. The summed E-state index contributed by atoms with van der Waals surface area (Å²) >= 11 is 0. The van der Waals surface area contributed by atoms with Crippen molar-refractivity contribution in [2.45, 2.75) is 38.6 Å². The molecule has 0 bridgehead atoms. The third kappa shape index (κ3) is 2.67. The van der Waals surface area contributed by atoms with Crippen molar-refractivity contribution in [3.63, 3.8) is 0 Å². The van der Waals surface area contributed by atoms with Gasteiger partial charge in [-0.05, 0) is 18.8 Å². The number of nitrogens with two attached hydrogens (primary N) is 1. The lowest BCUT2D eigenvalue weighted by atomic mass is 10.0. The number of piperidine rings is 1. The van der Waals surface area contributed by atoms with Crippen LogP contribution in [0.1, 0.15) is 48.7 Å². The maximum atomic E-state index is 12.5. The van der Waals surface area contributed by atoms with E-state index < -0.39 is 0 Å². The first-order valence-corrected chi connectivity index (χ1v) is 6.44. The van der Waals surface area contributed by atoms with Crippen molar-refractivity contribution in [3.8, 4) is 0 Å². The minimum Gasteiger partial charge on any atom is -0.337 e. The molecule has 0 aromatic carbocycles. The van der Waals surface area contributed by atoms with Gasteiger partial charge in [0.05, 0.1) is 11.3 Å². The molecular formula is C13H20N4O. The second-order valence-corrected chi connectivity index (χ2v) is 5.13. The highest BCUT2D eigenvalue weighted by molar-refractivity contribution is 5.95. The molecule has 0 radical (unpaired) electrons. The van der Waals surface area contributed by atoms with Gasteiger partial charge in [-0.2, -0.15) is 0 Å². The van der Waals surface area contributed by atoms with E-state index >= 15 is 0 Å². The minimum absolute atomic E-state index is 0.00875. The molecule has 1 aliphatic heterocycles. The molecule has 18 heavy (non-hydrogen) atoms. The largest absolute Gasteiger partial charge is 0.337 e. The van der Waals surface area contributed by atoms with Crippen molar-refractivity contribution in [1.82, 2.24) is 14.9 Å². The molecule has 1 fully saturated rings. The summed E-state index contributed by atoms with van der Waals surface area (Å²) in [6, 6.07) is 0.0924. The molecule has 0 unspecified atom stereocenters. The molecule has 2 heterocycles. The van der Waals surface area contributed by atoms with Crippen molar-refractivity contribution in [3.05, 3.63) is 23.8 Å². The number of rotatable bonds is 2.